The second kappa shape index (κ2) is 9.07. The highest BCUT2D eigenvalue weighted by atomic mass is 16.5. The Hall–Kier alpha value is -2.66. The maximum atomic E-state index is 12.5. The van der Waals surface area contributed by atoms with Gasteiger partial charge in [0.05, 0.1) is 18.2 Å². The maximum absolute atomic E-state index is 12.5. The minimum Gasteiger partial charge on any atom is -0.496 e. The van der Waals surface area contributed by atoms with Crippen molar-refractivity contribution in [2.75, 3.05) is 26.7 Å². The van der Waals surface area contributed by atoms with Crippen molar-refractivity contribution in [3.05, 3.63) is 64.7 Å². The molecule has 2 amide bonds. The van der Waals surface area contributed by atoms with Crippen molar-refractivity contribution in [3.8, 4) is 5.75 Å². The summed E-state index contributed by atoms with van der Waals surface area (Å²) < 4.78 is 5.60. The number of methoxy groups -OCH3 is 1. The van der Waals surface area contributed by atoms with Gasteiger partial charge in [-0.2, -0.15) is 0 Å². The van der Waals surface area contributed by atoms with Crippen LogP contribution >= 0.6 is 0 Å². The largest absolute Gasteiger partial charge is 0.496 e. The van der Waals surface area contributed by atoms with E-state index in [9.17, 15) is 9.59 Å². The molecule has 1 saturated heterocycles. The Labute approximate surface area is 190 Å². The van der Waals surface area contributed by atoms with Crippen LogP contribution in [0.25, 0.3) is 0 Å². The van der Waals surface area contributed by atoms with Crippen LogP contribution in [0.15, 0.2) is 42.5 Å². The Morgan fingerprint density at radius 3 is 2.31 bits per heavy atom. The molecule has 168 valence electrons. The summed E-state index contributed by atoms with van der Waals surface area (Å²) >= 11 is 0. The normalized spacial score (nSPS) is 22.1. The maximum Gasteiger partial charge on any atom is 0.261 e. The van der Waals surface area contributed by atoms with Gasteiger partial charge in [-0.05, 0) is 74.5 Å². The Balaban J connectivity index is 1.06. The van der Waals surface area contributed by atoms with Gasteiger partial charge < -0.3 is 4.74 Å². The highest BCUT2D eigenvalue weighted by Gasteiger charge is 2.39. The van der Waals surface area contributed by atoms with E-state index in [2.05, 4.69) is 23.1 Å². The average molecular weight is 433 g/mol. The molecule has 0 spiro atoms. The van der Waals surface area contributed by atoms with E-state index < -0.39 is 0 Å². The molecule has 2 atom stereocenters. The monoisotopic (exact) mass is 432 g/mol. The summed E-state index contributed by atoms with van der Waals surface area (Å²) in [5.41, 5.74) is 4.02. The van der Waals surface area contributed by atoms with E-state index in [0.717, 1.165) is 38.0 Å². The third-order valence-electron chi connectivity index (χ3n) is 7.59. The highest BCUT2D eigenvalue weighted by Crippen LogP contribution is 2.44. The van der Waals surface area contributed by atoms with Crippen molar-refractivity contribution < 1.29 is 14.3 Å². The van der Waals surface area contributed by atoms with Crippen molar-refractivity contribution in [2.45, 2.75) is 56.9 Å². The number of benzene rings is 2. The number of nitrogens with zero attached hydrogens (tertiary/aromatic N) is 2. The quantitative estimate of drug-likeness (QED) is 0.450. The van der Waals surface area contributed by atoms with Crippen molar-refractivity contribution >= 4 is 11.8 Å². The molecular weight excluding hydrogens is 400 g/mol. The average Bonchev–Trinajstić information content (AvgIpc) is 3.35. The number of amides is 2. The standard InChI is InChI=1S/C27H32N2O3/c1-32-25-12-8-11-19-20-15-18-28(24(20)14-13-21(19)25)16-6-2-3-7-17-29-26(30)22-9-4-5-10-23(22)27(29)31/h4-5,8-12,20,24H,2-3,6-7,13-18H2,1H3/t20-,24+/m1/s1. The Bertz CT molecular complexity index is 983. The zero-order valence-electron chi connectivity index (χ0n) is 18.9. The van der Waals surface area contributed by atoms with Crippen molar-refractivity contribution in [3.63, 3.8) is 0 Å². The van der Waals surface area contributed by atoms with Gasteiger partial charge >= 0.3 is 0 Å². The second-order valence-electron chi connectivity index (χ2n) is 9.29. The molecule has 0 radical (unpaired) electrons. The van der Waals surface area contributed by atoms with E-state index in [-0.39, 0.29) is 11.8 Å². The first-order valence-electron chi connectivity index (χ1n) is 12.0. The SMILES string of the molecule is COc1cccc2c1CC[C@H]1[C@@H]2CCN1CCCCCCN1C(=O)c2ccccc2C1=O. The smallest absolute Gasteiger partial charge is 0.261 e. The summed E-state index contributed by atoms with van der Waals surface area (Å²) in [6, 6.07) is 14.3. The Morgan fingerprint density at radius 1 is 0.875 bits per heavy atom. The molecule has 0 unspecified atom stereocenters. The van der Waals surface area contributed by atoms with Crippen LogP contribution in [0.2, 0.25) is 0 Å². The zero-order valence-corrected chi connectivity index (χ0v) is 18.9. The van der Waals surface area contributed by atoms with Crippen LogP contribution in [-0.2, 0) is 6.42 Å². The summed E-state index contributed by atoms with van der Waals surface area (Å²) in [5.74, 6) is 1.42. The van der Waals surface area contributed by atoms with Crippen LogP contribution in [0.4, 0.5) is 0 Å². The number of likely N-dealkylation sites (tertiary alicyclic amines) is 1. The van der Waals surface area contributed by atoms with Crippen LogP contribution < -0.4 is 4.74 Å². The number of rotatable bonds is 8. The molecule has 0 saturated carbocycles. The zero-order chi connectivity index (χ0) is 22.1. The molecule has 2 heterocycles. The van der Waals surface area contributed by atoms with E-state index in [1.807, 2.05) is 12.1 Å². The molecule has 0 N–H and O–H groups in total. The van der Waals surface area contributed by atoms with Crippen LogP contribution in [0, 0.1) is 0 Å². The summed E-state index contributed by atoms with van der Waals surface area (Å²) in [5, 5.41) is 0. The fraction of sp³-hybridized carbons (Fsp3) is 0.481. The van der Waals surface area contributed by atoms with Gasteiger partial charge in [-0.25, -0.2) is 0 Å². The molecule has 32 heavy (non-hydrogen) atoms. The molecule has 3 aliphatic rings. The third-order valence-corrected chi connectivity index (χ3v) is 7.59. The van der Waals surface area contributed by atoms with Gasteiger partial charge in [0.25, 0.3) is 11.8 Å². The molecule has 2 aliphatic heterocycles. The molecule has 0 bridgehead atoms. The molecule has 5 nitrogen and oxygen atoms in total. The fourth-order valence-electron chi connectivity index (χ4n) is 6.00. The topological polar surface area (TPSA) is 49.9 Å². The highest BCUT2D eigenvalue weighted by molar-refractivity contribution is 6.21. The van der Waals surface area contributed by atoms with E-state index in [1.165, 1.54) is 41.8 Å². The van der Waals surface area contributed by atoms with Crippen LogP contribution in [0.3, 0.4) is 0 Å². The summed E-state index contributed by atoms with van der Waals surface area (Å²) in [4.78, 5) is 29.0. The summed E-state index contributed by atoms with van der Waals surface area (Å²) in [6.07, 6.45) is 7.82. The van der Waals surface area contributed by atoms with E-state index >= 15 is 0 Å². The van der Waals surface area contributed by atoms with Crippen molar-refractivity contribution in [1.29, 1.82) is 0 Å². The van der Waals surface area contributed by atoms with Crippen LogP contribution in [0.5, 0.6) is 5.75 Å². The number of carbonyl (C=O) groups is 2. The molecule has 5 rings (SSSR count). The lowest BCUT2D eigenvalue weighted by Crippen LogP contribution is -2.35. The van der Waals surface area contributed by atoms with Gasteiger partial charge in [-0.3, -0.25) is 19.4 Å². The van der Waals surface area contributed by atoms with E-state index in [1.54, 1.807) is 19.2 Å². The minimum absolute atomic E-state index is 0.136. The number of ether oxygens (including phenoxy) is 1. The summed E-state index contributed by atoms with van der Waals surface area (Å²) in [6.45, 7) is 2.86. The van der Waals surface area contributed by atoms with Gasteiger partial charge in [-0.1, -0.05) is 37.1 Å². The van der Waals surface area contributed by atoms with Gasteiger partial charge in [0.1, 0.15) is 5.75 Å². The summed E-state index contributed by atoms with van der Waals surface area (Å²) in [7, 11) is 1.77. The molecular formula is C27H32N2O3. The first-order chi connectivity index (χ1) is 15.7. The number of carbonyl (C=O) groups excluding carboxylic acids is 2. The first-order valence-corrected chi connectivity index (χ1v) is 12.0. The lowest BCUT2D eigenvalue weighted by Gasteiger charge is -2.34. The van der Waals surface area contributed by atoms with E-state index in [0.29, 0.717) is 29.6 Å². The number of unbranched alkanes of at least 4 members (excludes halogenated alkanes) is 3. The number of imide groups is 1. The molecule has 2 aromatic carbocycles. The fourth-order valence-corrected chi connectivity index (χ4v) is 6.00. The lowest BCUT2D eigenvalue weighted by atomic mass is 9.79. The molecule has 5 heteroatoms. The Morgan fingerprint density at radius 2 is 1.59 bits per heavy atom. The second-order valence-corrected chi connectivity index (χ2v) is 9.29. The molecule has 0 aromatic heterocycles. The van der Waals surface area contributed by atoms with Gasteiger partial charge in [-0.15, -0.1) is 0 Å². The van der Waals surface area contributed by atoms with Crippen LogP contribution in [-0.4, -0.2) is 54.4 Å². The number of hydrogen-bond acceptors (Lipinski definition) is 4. The Kier molecular flexibility index (Phi) is 6.01. The minimum atomic E-state index is -0.136. The lowest BCUT2D eigenvalue weighted by molar-refractivity contribution is 0.0651. The van der Waals surface area contributed by atoms with Gasteiger partial charge in [0.15, 0.2) is 0 Å². The predicted molar refractivity (Wildman–Crippen MR) is 124 cm³/mol. The van der Waals surface area contributed by atoms with Crippen molar-refractivity contribution in [1.82, 2.24) is 9.80 Å². The van der Waals surface area contributed by atoms with Crippen LogP contribution in [0.1, 0.15) is 76.3 Å². The van der Waals surface area contributed by atoms with Gasteiger partial charge in [0.2, 0.25) is 0 Å². The third kappa shape index (κ3) is 3.73. The number of hydrogen-bond donors (Lipinski definition) is 0. The predicted octanol–water partition coefficient (Wildman–Crippen LogP) is 4.66. The molecule has 1 fully saturated rings. The van der Waals surface area contributed by atoms with Crippen molar-refractivity contribution in [2.24, 2.45) is 0 Å². The first kappa shape index (κ1) is 21.2. The number of fused-ring (bicyclic) bond motifs is 4. The molecule has 2 aromatic rings. The van der Waals surface area contributed by atoms with E-state index in [4.69, 9.17) is 4.74 Å². The van der Waals surface area contributed by atoms with Gasteiger partial charge in [0, 0.05) is 18.5 Å². The molecule has 1 aliphatic carbocycles.